The van der Waals surface area contributed by atoms with E-state index < -0.39 is 0 Å². The number of nitrogens with zero attached hydrogens (tertiary/aromatic N) is 2. The summed E-state index contributed by atoms with van der Waals surface area (Å²) in [7, 11) is 0. The molecular formula is C71H62N2O. The smallest absolute Gasteiger partial charge is 0.150 e. The van der Waals surface area contributed by atoms with E-state index in [-0.39, 0.29) is 0 Å². The summed E-state index contributed by atoms with van der Waals surface area (Å²) in [4.78, 5) is 16.0. The van der Waals surface area contributed by atoms with Crippen molar-refractivity contribution in [3.8, 4) is 0 Å². The average molecular weight is 959 g/mol. The highest BCUT2D eigenvalue weighted by Crippen LogP contribution is 2.41. The summed E-state index contributed by atoms with van der Waals surface area (Å²) in [5.41, 5.74) is 22.2. The second-order valence-electron chi connectivity index (χ2n) is 18.4. The van der Waals surface area contributed by atoms with Crippen LogP contribution in [-0.4, -0.2) is 6.29 Å². The quantitative estimate of drug-likeness (QED) is 0.0756. The van der Waals surface area contributed by atoms with Crippen molar-refractivity contribution < 1.29 is 4.79 Å². The number of para-hydroxylation sites is 3. The number of carbonyl (C=O) groups excluding carboxylic acids is 1. The molecule has 74 heavy (non-hydrogen) atoms. The molecule has 0 saturated carbocycles. The second kappa shape index (κ2) is 24.4. The van der Waals surface area contributed by atoms with Gasteiger partial charge in [-0.15, -0.1) is 0 Å². The molecule has 0 saturated heterocycles. The van der Waals surface area contributed by atoms with Crippen LogP contribution in [0, 0.1) is 13.8 Å². The van der Waals surface area contributed by atoms with Gasteiger partial charge >= 0.3 is 0 Å². The third kappa shape index (κ3) is 11.8. The fourth-order valence-corrected chi connectivity index (χ4v) is 9.65. The van der Waals surface area contributed by atoms with E-state index in [4.69, 9.17) is 0 Å². The number of benzene rings is 10. The van der Waals surface area contributed by atoms with Gasteiger partial charge in [-0.25, -0.2) is 0 Å². The van der Waals surface area contributed by atoms with Crippen molar-refractivity contribution in [2.45, 2.75) is 40.5 Å². The summed E-state index contributed by atoms with van der Waals surface area (Å²) in [5.74, 6) is 0. The highest BCUT2D eigenvalue weighted by molar-refractivity contribution is 5.93. The van der Waals surface area contributed by atoms with E-state index in [0.29, 0.717) is 5.56 Å². The molecule has 3 nitrogen and oxygen atoms in total. The topological polar surface area (TPSA) is 23.6 Å². The lowest BCUT2D eigenvalue weighted by molar-refractivity contribution is 0.112. The number of carbonyl (C=O) groups is 1. The van der Waals surface area contributed by atoms with Gasteiger partial charge < -0.3 is 9.80 Å². The molecule has 0 N–H and O–H groups in total. The monoisotopic (exact) mass is 958 g/mol. The Balaban J connectivity index is 0.000000182. The Morgan fingerprint density at radius 3 is 0.905 bits per heavy atom. The highest BCUT2D eigenvalue weighted by atomic mass is 16.1. The molecule has 0 atom stereocenters. The third-order valence-electron chi connectivity index (χ3n) is 13.4. The summed E-state index contributed by atoms with van der Waals surface area (Å²) < 4.78 is 0. The van der Waals surface area contributed by atoms with Crippen LogP contribution in [0.3, 0.4) is 0 Å². The maximum Gasteiger partial charge on any atom is 0.150 e. The fraction of sp³-hybridized carbons (Fsp3) is 0.0845. The average Bonchev–Trinajstić information content (AvgIpc) is 3.47. The first-order valence-electron chi connectivity index (χ1n) is 25.6. The zero-order chi connectivity index (χ0) is 51.1. The first-order chi connectivity index (χ1) is 36.4. The Morgan fingerprint density at radius 2 is 0.608 bits per heavy atom. The van der Waals surface area contributed by atoms with Gasteiger partial charge in [0.25, 0.3) is 0 Å². The van der Waals surface area contributed by atoms with Crippen LogP contribution >= 0.6 is 0 Å². The van der Waals surface area contributed by atoms with Crippen molar-refractivity contribution in [3.05, 3.63) is 322 Å². The van der Waals surface area contributed by atoms with Gasteiger partial charge in [-0.1, -0.05) is 214 Å². The van der Waals surface area contributed by atoms with Crippen molar-refractivity contribution in [2.75, 3.05) is 9.80 Å². The lowest BCUT2D eigenvalue weighted by Gasteiger charge is -2.29. The molecule has 0 spiro atoms. The summed E-state index contributed by atoms with van der Waals surface area (Å²) in [6, 6.07) is 91.4. The van der Waals surface area contributed by atoms with Crippen LogP contribution in [-0.2, 0) is 12.8 Å². The summed E-state index contributed by atoms with van der Waals surface area (Å²) in [6.07, 6.45) is 7.34. The molecule has 362 valence electrons. The van der Waals surface area contributed by atoms with E-state index >= 15 is 0 Å². The van der Waals surface area contributed by atoms with Crippen LogP contribution in [0.25, 0.3) is 23.3 Å². The van der Waals surface area contributed by atoms with Crippen LogP contribution in [0.5, 0.6) is 0 Å². The summed E-state index contributed by atoms with van der Waals surface area (Å²) >= 11 is 0. The minimum absolute atomic E-state index is 0.670. The Labute approximate surface area is 438 Å². The summed E-state index contributed by atoms with van der Waals surface area (Å²) in [6.45, 7) is 8.77. The Kier molecular flexibility index (Phi) is 16.4. The van der Waals surface area contributed by atoms with Gasteiger partial charge in [0, 0.05) is 28.3 Å². The maximum atomic E-state index is 11.3. The number of aldehydes is 1. The van der Waals surface area contributed by atoms with Crippen molar-refractivity contribution in [2.24, 2.45) is 0 Å². The fourth-order valence-electron chi connectivity index (χ4n) is 9.65. The van der Waals surface area contributed by atoms with Crippen LogP contribution in [0.4, 0.5) is 34.1 Å². The summed E-state index contributed by atoms with van der Waals surface area (Å²) in [5, 5.41) is 0. The van der Waals surface area contributed by atoms with E-state index in [9.17, 15) is 4.79 Å². The normalized spacial score (nSPS) is 10.6. The Hall–Kier alpha value is -9.05. The standard InChI is InChI=1S/C36H31NO.C35H31N/c1-3-30-16-10-11-27(2)36(30)37(34-23-19-29(26-38)20-24-34)33-21-17-28(18-22-33)25-35(31-12-6-4-7-13-31)32-14-8-5-9-15-32;1-3-29-19-13-14-27(2)35(29)36(32-20-11-6-12-21-32)33-24-22-28(23-25-33)26-34(30-15-7-4-8-16-30)31-17-9-5-10-18-31/h4-26H,3H2,1-2H3;4-26H,3H2,1-2H3. The van der Waals surface area contributed by atoms with Gasteiger partial charge in [0.15, 0.2) is 0 Å². The SMILES string of the molecule is CCc1cccc(C)c1N(c1ccc(C=O)cc1)c1ccc(C=C(c2ccccc2)c2ccccc2)cc1.CCc1cccc(C)c1N(c1ccccc1)c1ccc(C=C(c2ccccc2)c2ccccc2)cc1. The van der Waals surface area contributed by atoms with E-state index in [2.05, 4.69) is 274 Å². The first kappa shape index (κ1) is 49.9. The van der Waals surface area contributed by atoms with Gasteiger partial charge in [0.05, 0.1) is 11.4 Å². The number of rotatable bonds is 15. The molecular weight excluding hydrogens is 897 g/mol. The molecule has 3 heteroatoms. The molecule has 10 rings (SSSR count). The third-order valence-corrected chi connectivity index (χ3v) is 13.4. The number of hydrogen-bond donors (Lipinski definition) is 0. The van der Waals surface area contributed by atoms with Crippen LogP contribution < -0.4 is 9.80 Å². The largest absolute Gasteiger partial charge is 0.310 e. The molecule has 0 aliphatic rings. The Morgan fingerprint density at radius 1 is 0.324 bits per heavy atom. The van der Waals surface area contributed by atoms with E-state index in [1.54, 1.807) is 0 Å². The van der Waals surface area contributed by atoms with Crippen LogP contribution in [0.2, 0.25) is 0 Å². The second-order valence-corrected chi connectivity index (χ2v) is 18.4. The molecule has 0 amide bonds. The first-order valence-corrected chi connectivity index (χ1v) is 25.6. The maximum absolute atomic E-state index is 11.3. The molecule has 10 aromatic rings. The highest BCUT2D eigenvalue weighted by Gasteiger charge is 2.20. The number of anilines is 6. The van der Waals surface area contributed by atoms with Crippen molar-refractivity contribution in [1.29, 1.82) is 0 Å². The zero-order valence-electron chi connectivity index (χ0n) is 42.8. The van der Waals surface area contributed by atoms with Crippen LogP contribution in [0.15, 0.2) is 261 Å². The molecule has 0 radical (unpaired) electrons. The van der Waals surface area contributed by atoms with E-state index in [0.717, 1.165) is 41.8 Å². The Bertz CT molecular complexity index is 3360. The van der Waals surface area contributed by atoms with E-state index in [1.165, 1.54) is 78.3 Å². The molecule has 0 aliphatic carbocycles. The van der Waals surface area contributed by atoms with Gasteiger partial charge in [0.1, 0.15) is 6.29 Å². The molecule has 0 heterocycles. The van der Waals surface area contributed by atoms with Gasteiger partial charge in [0.2, 0.25) is 0 Å². The number of hydrogen-bond acceptors (Lipinski definition) is 3. The predicted octanol–water partition coefficient (Wildman–Crippen LogP) is 19.0. The molecule has 0 aromatic heterocycles. The van der Waals surface area contributed by atoms with Crippen molar-refractivity contribution in [1.82, 2.24) is 0 Å². The molecule has 0 unspecified atom stereocenters. The van der Waals surface area contributed by atoms with E-state index in [1.807, 2.05) is 36.4 Å². The molecule has 0 fully saturated rings. The van der Waals surface area contributed by atoms with Crippen LogP contribution in [0.1, 0.15) is 79.8 Å². The lowest BCUT2D eigenvalue weighted by Crippen LogP contribution is -2.13. The molecule has 0 aliphatic heterocycles. The number of aryl methyl sites for hydroxylation is 4. The van der Waals surface area contributed by atoms with Gasteiger partial charge in [-0.2, -0.15) is 0 Å². The van der Waals surface area contributed by atoms with Gasteiger partial charge in [-0.3, -0.25) is 4.79 Å². The molecule has 10 aromatic carbocycles. The lowest BCUT2D eigenvalue weighted by atomic mass is 9.95. The van der Waals surface area contributed by atoms with Crippen molar-refractivity contribution >= 4 is 63.7 Å². The van der Waals surface area contributed by atoms with Gasteiger partial charge in [-0.05, 0) is 166 Å². The minimum Gasteiger partial charge on any atom is -0.310 e. The van der Waals surface area contributed by atoms with Crippen molar-refractivity contribution in [3.63, 3.8) is 0 Å². The zero-order valence-corrected chi connectivity index (χ0v) is 42.8. The molecule has 0 bridgehead atoms. The predicted molar refractivity (Wildman–Crippen MR) is 316 cm³/mol. The minimum atomic E-state index is 0.670.